The molecule has 0 radical (unpaired) electrons. The molecule has 0 saturated heterocycles. The molecule has 0 N–H and O–H groups in total. The van der Waals surface area contributed by atoms with Gasteiger partial charge in [-0.05, 0) is 19.4 Å². The van der Waals surface area contributed by atoms with Crippen molar-refractivity contribution in [3.05, 3.63) is 23.8 Å². The van der Waals surface area contributed by atoms with E-state index in [1.165, 1.54) is 6.33 Å². The fourth-order valence-electron chi connectivity index (χ4n) is 1.32. The molecule has 0 saturated carbocycles. The average Bonchev–Trinajstić information content (AvgIpc) is 2.27. The lowest BCUT2D eigenvalue weighted by atomic mass is 10.00. The molecule has 1 aromatic rings. The van der Waals surface area contributed by atoms with Gasteiger partial charge in [-0.2, -0.15) is 0 Å². The smallest absolute Gasteiger partial charge is 0.141 e. The predicted molar refractivity (Wildman–Crippen MR) is 55.1 cm³/mol. The van der Waals surface area contributed by atoms with Crippen molar-refractivity contribution < 1.29 is 4.79 Å². The second-order valence-electron chi connectivity index (χ2n) is 3.33. The maximum absolute atomic E-state index is 11.5. The molecule has 1 aromatic heterocycles. The van der Waals surface area contributed by atoms with Gasteiger partial charge in [0.05, 0.1) is 11.6 Å². The van der Waals surface area contributed by atoms with Crippen LogP contribution in [-0.2, 0) is 11.2 Å². The largest absolute Gasteiger partial charge is 0.299 e. The molecule has 0 bridgehead atoms. The summed E-state index contributed by atoms with van der Waals surface area (Å²) in [4.78, 5) is 19.7. The molecule has 0 aliphatic carbocycles. The first kappa shape index (κ1) is 10.8. The van der Waals surface area contributed by atoms with E-state index in [0.717, 1.165) is 17.8 Å². The van der Waals surface area contributed by atoms with Gasteiger partial charge in [0.2, 0.25) is 0 Å². The van der Waals surface area contributed by atoms with Gasteiger partial charge in [0, 0.05) is 12.1 Å². The highest BCUT2D eigenvalue weighted by molar-refractivity contribution is 5.84. The van der Waals surface area contributed by atoms with Crippen molar-refractivity contribution in [3.63, 3.8) is 0 Å². The summed E-state index contributed by atoms with van der Waals surface area (Å²) in [7, 11) is 0. The summed E-state index contributed by atoms with van der Waals surface area (Å²) < 4.78 is 0. The van der Waals surface area contributed by atoms with Crippen LogP contribution in [-0.4, -0.2) is 15.8 Å². The second-order valence-corrected chi connectivity index (χ2v) is 3.33. The van der Waals surface area contributed by atoms with Gasteiger partial charge in [-0.15, -0.1) is 0 Å². The number of hydrogen-bond donors (Lipinski definition) is 0. The lowest BCUT2D eigenvalue weighted by Gasteiger charge is -2.08. The van der Waals surface area contributed by atoms with Crippen molar-refractivity contribution in [1.82, 2.24) is 9.97 Å². The summed E-state index contributed by atoms with van der Waals surface area (Å²) >= 11 is 0. The molecule has 0 spiro atoms. The van der Waals surface area contributed by atoms with Crippen LogP contribution in [0.4, 0.5) is 0 Å². The number of carbonyl (C=O) groups excluding carboxylic acids is 1. The number of nitrogens with zero attached hydrogens (tertiary/aromatic N) is 2. The molecule has 0 aromatic carbocycles. The molecule has 1 heterocycles. The van der Waals surface area contributed by atoms with Gasteiger partial charge in [-0.25, -0.2) is 9.97 Å². The van der Waals surface area contributed by atoms with E-state index in [0.29, 0.717) is 6.42 Å². The van der Waals surface area contributed by atoms with Crippen LogP contribution >= 0.6 is 0 Å². The van der Waals surface area contributed by atoms with Gasteiger partial charge in [0.1, 0.15) is 12.1 Å². The molecule has 0 aliphatic heterocycles. The predicted octanol–water partition coefficient (Wildman–Crippen LogP) is 2.12. The minimum absolute atomic E-state index is 0.103. The molecule has 76 valence electrons. The highest BCUT2D eigenvalue weighted by Gasteiger charge is 2.14. The highest BCUT2D eigenvalue weighted by atomic mass is 16.1. The van der Waals surface area contributed by atoms with Gasteiger partial charge < -0.3 is 0 Å². The minimum atomic E-state index is -0.103. The number of aryl methyl sites for hydroxylation is 1. The monoisotopic (exact) mass is 192 g/mol. The molecule has 3 heteroatoms. The van der Waals surface area contributed by atoms with Crippen molar-refractivity contribution in [2.45, 2.75) is 39.5 Å². The quantitative estimate of drug-likeness (QED) is 0.733. The van der Waals surface area contributed by atoms with E-state index in [9.17, 15) is 4.79 Å². The van der Waals surface area contributed by atoms with Crippen LogP contribution in [0.25, 0.3) is 0 Å². The van der Waals surface area contributed by atoms with Gasteiger partial charge in [-0.3, -0.25) is 4.79 Å². The van der Waals surface area contributed by atoms with E-state index in [4.69, 9.17) is 0 Å². The number of Topliss-reactive ketones (excluding diaryl/α,β-unsaturated/α-hetero) is 1. The van der Waals surface area contributed by atoms with Gasteiger partial charge in [0.15, 0.2) is 0 Å². The summed E-state index contributed by atoms with van der Waals surface area (Å²) in [6.07, 6.45) is 2.97. The normalized spacial score (nSPS) is 12.5. The Labute approximate surface area is 84.6 Å². The number of aromatic nitrogens is 2. The molecule has 14 heavy (non-hydrogen) atoms. The van der Waals surface area contributed by atoms with E-state index < -0.39 is 0 Å². The highest BCUT2D eigenvalue weighted by Crippen LogP contribution is 2.15. The molecular formula is C11H16N2O. The number of rotatable bonds is 4. The first-order chi connectivity index (χ1) is 6.69. The zero-order valence-electron chi connectivity index (χ0n) is 8.95. The fourth-order valence-corrected chi connectivity index (χ4v) is 1.32. The van der Waals surface area contributed by atoms with Gasteiger partial charge in [0.25, 0.3) is 0 Å². The van der Waals surface area contributed by atoms with Crippen molar-refractivity contribution in [2.24, 2.45) is 0 Å². The Balaban J connectivity index is 2.89. The fraction of sp³-hybridized carbons (Fsp3) is 0.545. The van der Waals surface area contributed by atoms with Crippen LogP contribution < -0.4 is 0 Å². The van der Waals surface area contributed by atoms with E-state index in [1.54, 1.807) is 0 Å². The van der Waals surface area contributed by atoms with Crippen LogP contribution in [0, 0.1) is 0 Å². The van der Waals surface area contributed by atoms with Crippen LogP contribution in [0.5, 0.6) is 0 Å². The first-order valence-corrected chi connectivity index (χ1v) is 5.02. The van der Waals surface area contributed by atoms with Gasteiger partial charge >= 0.3 is 0 Å². The number of hydrogen-bond acceptors (Lipinski definition) is 3. The van der Waals surface area contributed by atoms with Crippen LogP contribution in [0.2, 0.25) is 0 Å². The molecule has 1 unspecified atom stereocenters. The Hall–Kier alpha value is -1.25. The third-order valence-corrected chi connectivity index (χ3v) is 2.38. The van der Waals surface area contributed by atoms with Crippen LogP contribution in [0.15, 0.2) is 12.4 Å². The third-order valence-electron chi connectivity index (χ3n) is 2.38. The van der Waals surface area contributed by atoms with E-state index >= 15 is 0 Å². The van der Waals surface area contributed by atoms with Gasteiger partial charge in [-0.1, -0.05) is 13.8 Å². The second kappa shape index (κ2) is 4.84. The zero-order valence-corrected chi connectivity index (χ0v) is 8.95. The van der Waals surface area contributed by atoms with E-state index in [2.05, 4.69) is 9.97 Å². The summed E-state index contributed by atoms with van der Waals surface area (Å²) in [6, 6.07) is 1.91. The van der Waals surface area contributed by atoms with Crippen molar-refractivity contribution in [3.8, 4) is 0 Å². The Bertz CT molecular complexity index is 323. The lowest BCUT2D eigenvalue weighted by molar-refractivity contribution is -0.119. The molecular weight excluding hydrogens is 176 g/mol. The molecule has 0 fully saturated rings. The van der Waals surface area contributed by atoms with Crippen molar-refractivity contribution in [1.29, 1.82) is 0 Å². The van der Waals surface area contributed by atoms with Crippen molar-refractivity contribution in [2.75, 3.05) is 0 Å². The topological polar surface area (TPSA) is 42.9 Å². The standard InChI is InChI=1S/C11H16N2O/c1-4-9-6-10(13-7-12-9)8(3)11(14)5-2/h6-8H,4-5H2,1-3H3. The Morgan fingerprint density at radius 1 is 1.43 bits per heavy atom. The van der Waals surface area contributed by atoms with Crippen LogP contribution in [0.1, 0.15) is 44.5 Å². The van der Waals surface area contributed by atoms with Crippen molar-refractivity contribution >= 4 is 5.78 Å². The minimum Gasteiger partial charge on any atom is -0.299 e. The molecule has 0 aliphatic rings. The number of carbonyl (C=O) groups is 1. The maximum atomic E-state index is 11.5. The lowest BCUT2D eigenvalue weighted by Crippen LogP contribution is -2.10. The zero-order chi connectivity index (χ0) is 10.6. The Kier molecular flexibility index (Phi) is 3.74. The van der Waals surface area contributed by atoms with Crippen LogP contribution in [0.3, 0.4) is 0 Å². The van der Waals surface area contributed by atoms with E-state index in [-0.39, 0.29) is 11.7 Å². The Morgan fingerprint density at radius 2 is 2.14 bits per heavy atom. The average molecular weight is 192 g/mol. The maximum Gasteiger partial charge on any atom is 0.141 e. The summed E-state index contributed by atoms with van der Waals surface area (Å²) in [5.41, 5.74) is 1.83. The third kappa shape index (κ3) is 2.37. The summed E-state index contributed by atoms with van der Waals surface area (Å²) in [5, 5.41) is 0. The van der Waals surface area contributed by atoms with E-state index in [1.807, 2.05) is 26.8 Å². The summed E-state index contributed by atoms with van der Waals surface area (Å²) in [6.45, 7) is 5.81. The molecule has 1 atom stereocenters. The Morgan fingerprint density at radius 3 is 2.71 bits per heavy atom. The SMILES string of the molecule is CCC(=O)C(C)c1cc(CC)ncn1. The molecule has 1 rings (SSSR count). The number of ketones is 1. The first-order valence-electron chi connectivity index (χ1n) is 5.02. The summed E-state index contributed by atoms with van der Waals surface area (Å²) in [5.74, 6) is 0.124. The molecule has 0 amide bonds. The molecule has 3 nitrogen and oxygen atoms in total.